The summed E-state index contributed by atoms with van der Waals surface area (Å²) in [7, 11) is 0. The van der Waals surface area contributed by atoms with E-state index in [1.807, 2.05) is 6.07 Å². The Morgan fingerprint density at radius 3 is 2.00 bits per heavy atom. The zero-order chi connectivity index (χ0) is 16.7. The molecule has 0 atom stereocenters. The van der Waals surface area contributed by atoms with Crippen molar-refractivity contribution in [2.24, 2.45) is 0 Å². The van der Waals surface area contributed by atoms with E-state index in [0.717, 1.165) is 19.3 Å². The Hall–Kier alpha value is -2.72. The zero-order valence-corrected chi connectivity index (χ0v) is 12.6. The molecule has 1 aliphatic rings. The van der Waals surface area contributed by atoms with Gasteiger partial charge in [0, 0.05) is 11.1 Å². The van der Waals surface area contributed by atoms with Gasteiger partial charge in [0.2, 0.25) is 0 Å². The van der Waals surface area contributed by atoms with Crippen molar-refractivity contribution < 1.29 is 8.78 Å². The maximum absolute atomic E-state index is 13.3. The standard InChI is InChI=1S/C11H10FN.C8H6FN/c12-10-5-2-1-4-9(10)11(8-13)6-3-7-11;9-8-4-2-1-3-7(8)5-6-10/h1-2,4-5H,3,6-7H2;1-4H,5H2. The summed E-state index contributed by atoms with van der Waals surface area (Å²) in [6, 6.07) is 17.0. The lowest BCUT2D eigenvalue weighted by atomic mass is 9.65. The summed E-state index contributed by atoms with van der Waals surface area (Å²) in [5.74, 6) is -0.548. The highest BCUT2D eigenvalue weighted by Crippen LogP contribution is 2.43. The van der Waals surface area contributed by atoms with Crippen molar-refractivity contribution in [2.75, 3.05) is 0 Å². The third-order valence-corrected chi connectivity index (χ3v) is 4.04. The lowest BCUT2D eigenvalue weighted by molar-refractivity contribution is 0.313. The number of benzene rings is 2. The van der Waals surface area contributed by atoms with Gasteiger partial charge in [-0.3, -0.25) is 0 Å². The average molecular weight is 310 g/mol. The van der Waals surface area contributed by atoms with Gasteiger partial charge in [0.1, 0.15) is 11.6 Å². The van der Waals surface area contributed by atoms with Crippen LogP contribution in [0.15, 0.2) is 48.5 Å². The minimum absolute atomic E-state index is 0.146. The van der Waals surface area contributed by atoms with Crippen LogP contribution in [0.25, 0.3) is 0 Å². The summed E-state index contributed by atoms with van der Waals surface area (Å²) in [4.78, 5) is 0. The van der Waals surface area contributed by atoms with Crippen LogP contribution >= 0.6 is 0 Å². The van der Waals surface area contributed by atoms with Crippen LogP contribution in [0.1, 0.15) is 30.4 Å². The molecule has 0 spiro atoms. The van der Waals surface area contributed by atoms with Gasteiger partial charge in [-0.25, -0.2) is 8.78 Å². The van der Waals surface area contributed by atoms with Crippen LogP contribution in [0.2, 0.25) is 0 Å². The number of hydrogen-bond acceptors (Lipinski definition) is 2. The Kier molecular flexibility index (Phi) is 5.44. The van der Waals surface area contributed by atoms with Gasteiger partial charge in [-0.2, -0.15) is 10.5 Å². The van der Waals surface area contributed by atoms with Crippen LogP contribution in [0.4, 0.5) is 8.78 Å². The predicted octanol–water partition coefficient (Wildman–Crippen LogP) is 4.66. The largest absolute Gasteiger partial charge is 0.207 e. The molecule has 2 nitrogen and oxygen atoms in total. The molecule has 0 radical (unpaired) electrons. The van der Waals surface area contributed by atoms with Gasteiger partial charge < -0.3 is 0 Å². The SMILES string of the molecule is N#CC1(c2ccccc2F)CCC1.N#CCc1ccccc1F. The van der Waals surface area contributed by atoms with Crippen molar-refractivity contribution in [3.8, 4) is 12.1 Å². The van der Waals surface area contributed by atoms with Gasteiger partial charge in [-0.15, -0.1) is 0 Å². The van der Waals surface area contributed by atoms with Crippen molar-refractivity contribution in [1.82, 2.24) is 0 Å². The molecule has 0 amide bonds. The van der Waals surface area contributed by atoms with E-state index in [0.29, 0.717) is 11.1 Å². The molecule has 3 rings (SSSR count). The zero-order valence-electron chi connectivity index (χ0n) is 12.6. The van der Waals surface area contributed by atoms with Gasteiger partial charge in [-0.05, 0) is 31.4 Å². The van der Waals surface area contributed by atoms with E-state index in [-0.39, 0.29) is 18.1 Å². The predicted molar refractivity (Wildman–Crippen MR) is 83.3 cm³/mol. The Morgan fingerprint density at radius 2 is 1.52 bits per heavy atom. The molecule has 2 aromatic carbocycles. The number of halogens is 2. The first-order valence-corrected chi connectivity index (χ1v) is 7.39. The van der Waals surface area contributed by atoms with E-state index in [2.05, 4.69) is 6.07 Å². The third-order valence-electron chi connectivity index (χ3n) is 4.04. The van der Waals surface area contributed by atoms with Crippen LogP contribution in [-0.4, -0.2) is 0 Å². The highest BCUT2D eigenvalue weighted by atomic mass is 19.1. The number of rotatable bonds is 2. The molecule has 23 heavy (non-hydrogen) atoms. The maximum Gasteiger partial charge on any atom is 0.128 e. The van der Waals surface area contributed by atoms with Gasteiger partial charge in [0.05, 0.1) is 24.0 Å². The minimum Gasteiger partial charge on any atom is -0.207 e. The smallest absolute Gasteiger partial charge is 0.128 e. The van der Waals surface area contributed by atoms with Gasteiger partial charge in [-0.1, -0.05) is 36.4 Å². The second-order valence-corrected chi connectivity index (χ2v) is 5.45. The lowest BCUT2D eigenvalue weighted by Gasteiger charge is -2.35. The Morgan fingerprint density at radius 1 is 0.913 bits per heavy atom. The molecule has 0 unspecified atom stereocenters. The van der Waals surface area contributed by atoms with Gasteiger partial charge in [0.15, 0.2) is 0 Å². The Balaban J connectivity index is 0.000000174. The number of hydrogen-bond donors (Lipinski definition) is 0. The van der Waals surface area contributed by atoms with Crippen LogP contribution < -0.4 is 0 Å². The highest BCUT2D eigenvalue weighted by molar-refractivity contribution is 5.36. The van der Waals surface area contributed by atoms with E-state index in [1.54, 1.807) is 36.4 Å². The molecule has 1 fully saturated rings. The van der Waals surface area contributed by atoms with Crippen molar-refractivity contribution in [3.05, 3.63) is 71.3 Å². The van der Waals surface area contributed by atoms with Crippen LogP contribution in [-0.2, 0) is 11.8 Å². The fourth-order valence-electron chi connectivity index (χ4n) is 2.55. The summed E-state index contributed by atoms with van der Waals surface area (Å²) < 4.78 is 26.0. The third kappa shape index (κ3) is 3.73. The van der Waals surface area contributed by atoms with Crippen molar-refractivity contribution >= 4 is 0 Å². The summed E-state index contributed by atoms with van der Waals surface area (Å²) >= 11 is 0. The first-order chi connectivity index (χ1) is 11.1. The topological polar surface area (TPSA) is 47.6 Å². The second kappa shape index (κ2) is 7.51. The fraction of sp³-hybridized carbons (Fsp3) is 0.263. The summed E-state index contributed by atoms with van der Waals surface area (Å²) in [5, 5.41) is 17.2. The molecule has 0 heterocycles. The van der Waals surface area contributed by atoms with E-state index in [4.69, 9.17) is 10.5 Å². The molecule has 1 aliphatic carbocycles. The lowest BCUT2D eigenvalue weighted by Crippen LogP contribution is -2.33. The molecule has 4 heteroatoms. The quantitative estimate of drug-likeness (QED) is 0.809. The summed E-state index contributed by atoms with van der Waals surface area (Å²) in [6.07, 6.45) is 2.77. The van der Waals surface area contributed by atoms with Gasteiger partial charge in [0.25, 0.3) is 0 Å². The van der Waals surface area contributed by atoms with E-state index >= 15 is 0 Å². The summed E-state index contributed by atoms with van der Waals surface area (Å²) in [6.45, 7) is 0. The molecular formula is C19H16F2N2. The van der Waals surface area contributed by atoms with E-state index in [1.165, 1.54) is 12.1 Å². The summed E-state index contributed by atoms with van der Waals surface area (Å²) in [5.41, 5.74) is 0.513. The fourth-order valence-corrected chi connectivity index (χ4v) is 2.55. The maximum atomic E-state index is 13.3. The van der Waals surface area contributed by atoms with Crippen molar-refractivity contribution in [3.63, 3.8) is 0 Å². The molecule has 1 saturated carbocycles. The van der Waals surface area contributed by atoms with Gasteiger partial charge >= 0.3 is 0 Å². The van der Waals surface area contributed by atoms with Crippen LogP contribution in [0, 0.1) is 34.3 Å². The normalized spacial score (nSPS) is 14.4. The first kappa shape index (κ1) is 16.6. The molecule has 0 N–H and O–H groups in total. The van der Waals surface area contributed by atoms with Crippen molar-refractivity contribution in [1.29, 1.82) is 10.5 Å². The second-order valence-electron chi connectivity index (χ2n) is 5.45. The Bertz CT molecular complexity index is 752. The number of nitriles is 2. The number of nitrogens with zero attached hydrogens (tertiary/aromatic N) is 2. The molecule has 0 aliphatic heterocycles. The average Bonchev–Trinajstić information content (AvgIpc) is 2.52. The van der Waals surface area contributed by atoms with E-state index < -0.39 is 5.41 Å². The molecular weight excluding hydrogens is 294 g/mol. The molecule has 0 bridgehead atoms. The highest BCUT2D eigenvalue weighted by Gasteiger charge is 2.40. The minimum atomic E-state index is -0.522. The molecule has 116 valence electrons. The van der Waals surface area contributed by atoms with Crippen LogP contribution in [0.5, 0.6) is 0 Å². The van der Waals surface area contributed by atoms with Crippen molar-refractivity contribution in [2.45, 2.75) is 31.1 Å². The molecule has 2 aromatic rings. The van der Waals surface area contributed by atoms with E-state index in [9.17, 15) is 8.78 Å². The first-order valence-electron chi connectivity index (χ1n) is 7.39. The Labute approximate surface area is 134 Å². The van der Waals surface area contributed by atoms with Crippen LogP contribution in [0.3, 0.4) is 0 Å². The monoisotopic (exact) mass is 310 g/mol. The molecule has 0 aromatic heterocycles. The molecule has 0 saturated heterocycles.